The zero-order valence-electron chi connectivity index (χ0n) is 12.5. The summed E-state index contributed by atoms with van der Waals surface area (Å²) < 4.78 is 4.75. The number of amides is 1. The van der Waals surface area contributed by atoms with Crippen LogP contribution in [0.5, 0.6) is 0 Å². The summed E-state index contributed by atoms with van der Waals surface area (Å²) in [6, 6.07) is 11.2. The Hall–Kier alpha value is -3.20. The van der Waals surface area contributed by atoms with E-state index in [9.17, 15) is 9.59 Å². The number of esters is 1. The number of nitriles is 1. The van der Waals surface area contributed by atoms with Crippen LogP contribution in [-0.4, -0.2) is 30.0 Å². The van der Waals surface area contributed by atoms with Crippen LogP contribution >= 0.6 is 0 Å². The maximum Gasteiger partial charge on any atom is 0.328 e. The highest BCUT2D eigenvalue weighted by molar-refractivity contribution is 5.96. The smallest absolute Gasteiger partial charge is 0.328 e. The van der Waals surface area contributed by atoms with Crippen LogP contribution in [0.25, 0.3) is 0 Å². The quantitative estimate of drug-likeness (QED) is 0.844. The number of rotatable bonds is 5. The highest BCUT2D eigenvalue weighted by Crippen LogP contribution is 2.09. The highest BCUT2D eigenvalue weighted by atomic mass is 16.5. The zero-order valence-corrected chi connectivity index (χ0v) is 12.5. The molecule has 2 rings (SSSR count). The van der Waals surface area contributed by atoms with Crippen LogP contribution in [0.15, 0.2) is 48.8 Å². The molecule has 0 fully saturated rings. The fraction of sp³-hybridized carbons (Fsp3) is 0.176. The zero-order chi connectivity index (χ0) is 16.7. The molecule has 116 valence electrons. The van der Waals surface area contributed by atoms with Crippen LogP contribution < -0.4 is 5.32 Å². The van der Waals surface area contributed by atoms with Gasteiger partial charge in [-0.25, -0.2) is 4.79 Å². The molecule has 1 aromatic heterocycles. The Bertz CT molecular complexity index is 738. The molecule has 1 heterocycles. The van der Waals surface area contributed by atoms with Crippen LogP contribution in [0.4, 0.5) is 0 Å². The van der Waals surface area contributed by atoms with E-state index in [1.54, 1.807) is 36.4 Å². The second-order valence-electron chi connectivity index (χ2n) is 4.80. The normalized spacial score (nSPS) is 11.1. The minimum Gasteiger partial charge on any atom is -0.467 e. The number of benzene rings is 1. The molecule has 0 aliphatic heterocycles. The molecule has 6 nitrogen and oxygen atoms in total. The standard InChI is InChI=1S/C17H15N3O3/c1-23-17(22)15(10-12-3-2-4-13(9-12)11-18)20-16(21)14-5-7-19-8-6-14/h2-9,15H,10H2,1H3,(H,20,21)/t15-/m0/s1. The van der Waals surface area contributed by atoms with Crippen LogP contribution in [0.1, 0.15) is 21.5 Å². The number of methoxy groups -OCH3 is 1. The van der Waals surface area contributed by atoms with Crippen LogP contribution in [-0.2, 0) is 16.0 Å². The molecule has 2 aromatic rings. The first-order chi connectivity index (χ1) is 11.1. The van der Waals surface area contributed by atoms with E-state index in [0.29, 0.717) is 11.1 Å². The number of carbonyl (C=O) groups excluding carboxylic acids is 2. The van der Waals surface area contributed by atoms with Gasteiger partial charge >= 0.3 is 5.97 Å². The number of nitrogens with one attached hydrogen (secondary N) is 1. The van der Waals surface area contributed by atoms with Gasteiger partial charge in [-0.3, -0.25) is 9.78 Å². The number of nitrogens with zero attached hydrogens (tertiary/aromatic N) is 2. The van der Waals surface area contributed by atoms with E-state index in [0.717, 1.165) is 5.56 Å². The minimum atomic E-state index is -0.838. The predicted molar refractivity (Wildman–Crippen MR) is 82.4 cm³/mol. The van der Waals surface area contributed by atoms with Crippen LogP contribution in [0.2, 0.25) is 0 Å². The molecule has 0 radical (unpaired) electrons. The van der Waals surface area contributed by atoms with Gasteiger partial charge in [0.15, 0.2) is 0 Å². The van der Waals surface area contributed by atoms with E-state index in [1.165, 1.54) is 19.5 Å². The molecule has 23 heavy (non-hydrogen) atoms. The van der Waals surface area contributed by atoms with E-state index in [-0.39, 0.29) is 12.3 Å². The van der Waals surface area contributed by atoms with E-state index in [4.69, 9.17) is 10.00 Å². The van der Waals surface area contributed by atoms with Gasteiger partial charge in [0, 0.05) is 24.4 Å². The molecule has 0 saturated heterocycles. The van der Waals surface area contributed by atoms with Crippen molar-refractivity contribution < 1.29 is 14.3 Å². The van der Waals surface area contributed by atoms with Crippen molar-refractivity contribution >= 4 is 11.9 Å². The molecule has 1 aromatic carbocycles. The monoisotopic (exact) mass is 309 g/mol. The summed E-state index contributed by atoms with van der Waals surface area (Å²) in [6.07, 6.45) is 3.23. The second-order valence-corrected chi connectivity index (χ2v) is 4.80. The Morgan fingerprint density at radius 1 is 1.30 bits per heavy atom. The maximum atomic E-state index is 12.2. The molecule has 0 bridgehead atoms. The summed E-state index contributed by atoms with van der Waals surface area (Å²) >= 11 is 0. The first kappa shape index (κ1) is 16.2. The van der Waals surface area contributed by atoms with E-state index < -0.39 is 12.0 Å². The Morgan fingerprint density at radius 3 is 2.70 bits per heavy atom. The third-order valence-corrected chi connectivity index (χ3v) is 3.23. The van der Waals surface area contributed by atoms with Crippen molar-refractivity contribution in [2.24, 2.45) is 0 Å². The minimum absolute atomic E-state index is 0.235. The summed E-state index contributed by atoms with van der Waals surface area (Å²) in [5.74, 6) is -0.936. The number of ether oxygens (including phenoxy) is 1. The van der Waals surface area contributed by atoms with Crippen molar-refractivity contribution in [3.63, 3.8) is 0 Å². The van der Waals surface area contributed by atoms with Gasteiger partial charge in [0.05, 0.1) is 18.7 Å². The van der Waals surface area contributed by atoms with Crippen LogP contribution in [0, 0.1) is 11.3 Å². The van der Waals surface area contributed by atoms with Gasteiger partial charge in [0.1, 0.15) is 6.04 Å². The number of hydrogen-bond donors (Lipinski definition) is 1. The van der Waals surface area contributed by atoms with Crippen molar-refractivity contribution in [3.05, 3.63) is 65.5 Å². The number of aromatic nitrogens is 1. The Balaban J connectivity index is 2.16. The average Bonchev–Trinajstić information content (AvgIpc) is 2.61. The maximum absolute atomic E-state index is 12.2. The third kappa shape index (κ3) is 4.38. The lowest BCUT2D eigenvalue weighted by atomic mass is 10.0. The van der Waals surface area contributed by atoms with Crippen LogP contribution in [0.3, 0.4) is 0 Å². The summed E-state index contributed by atoms with van der Waals surface area (Å²) in [5.41, 5.74) is 1.65. The molecule has 1 atom stereocenters. The molecule has 6 heteroatoms. The van der Waals surface area contributed by atoms with Crippen molar-refractivity contribution in [1.29, 1.82) is 5.26 Å². The number of pyridine rings is 1. The van der Waals surface area contributed by atoms with Gasteiger partial charge in [-0.2, -0.15) is 5.26 Å². The predicted octanol–water partition coefficient (Wildman–Crippen LogP) is 1.47. The van der Waals surface area contributed by atoms with Gasteiger partial charge < -0.3 is 10.1 Å². The first-order valence-electron chi connectivity index (χ1n) is 6.92. The van der Waals surface area contributed by atoms with Gasteiger partial charge in [0.2, 0.25) is 0 Å². The molecule has 1 amide bonds. The van der Waals surface area contributed by atoms with Gasteiger partial charge in [-0.15, -0.1) is 0 Å². The fourth-order valence-electron chi connectivity index (χ4n) is 2.08. The summed E-state index contributed by atoms with van der Waals surface area (Å²) in [7, 11) is 1.26. The van der Waals surface area contributed by atoms with Crippen molar-refractivity contribution in [2.75, 3.05) is 7.11 Å². The van der Waals surface area contributed by atoms with Gasteiger partial charge in [-0.1, -0.05) is 12.1 Å². The lowest BCUT2D eigenvalue weighted by Gasteiger charge is -2.16. The third-order valence-electron chi connectivity index (χ3n) is 3.23. The summed E-state index contributed by atoms with van der Waals surface area (Å²) in [6.45, 7) is 0. The SMILES string of the molecule is COC(=O)[C@H](Cc1cccc(C#N)c1)NC(=O)c1ccncc1. The molecule has 0 aliphatic rings. The first-order valence-corrected chi connectivity index (χ1v) is 6.92. The van der Waals surface area contributed by atoms with Gasteiger partial charge in [0.25, 0.3) is 5.91 Å². The molecule has 0 saturated carbocycles. The molecule has 0 unspecified atom stereocenters. The average molecular weight is 309 g/mol. The highest BCUT2D eigenvalue weighted by Gasteiger charge is 2.22. The summed E-state index contributed by atoms with van der Waals surface area (Å²) in [5, 5.41) is 11.6. The fourth-order valence-corrected chi connectivity index (χ4v) is 2.08. The number of carbonyl (C=O) groups is 2. The second kappa shape index (κ2) is 7.71. The van der Waals surface area contributed by atoms with E-state index in [1.807, 2.05) is 6.07 Å². The largest absolute Gasteiger partial charge is 0.467 e. The van der Waals surface area contributed by atoms with Crippen molar-refractivity contribution in [3.8, 4) is 6.07 Å². The van der Waals surface area contributed by atoms with E-state index >= 15 is 0 Å². The molecule has 0 spiro atoms. The summed E-state index contributed by atoms with van der Waals surface area (Å²) in [4.78, 5) is 28.0. The Labute approximate surface area is 133 Å². The Kier molecular flexibility index (Phi) is 5.42. The molecule has 1 N–H and O–H groups in total. The molecular formula is C17H15N3O3. The number of hydrogen-bond acceptors (Lipinski definition) is 5. The van der Waals surface area contributed by atoms with E-state index in [2.05, 4.69) is 10.3 Å². The molecule has 0 aliphatic carbocycles. The van der Waals surface area contributed by atoms with Crippen molar-refractivity contribution in [2.45, 2.75) is 12.5 Å². The lowest BCUT2D eigenvalue weighted by molar-refractivity contribution is -0.142. The lowest BCUT2D eigenvalue weighted by Crippen LogP contribution is -2.43. The van der Waals surface area contributed by atoms with Crippen molar-refractivity contribution in [1.82, 2.24) is 10.3 Å². The topological polar surface area (TPSA) is 92.1 Å². The Morgan fingerprint density at radius 2 is 2.04 bits per heavy atom. The molecular weight excluding hydrogens is 294 g/mol. The van der Waals surface area contributed by atoms with Gasteiger partial charge in [-0.05, 0) is 29.8 Å².